The Labute approximate surface area is 130 Å². The molecule has 1 unspecified atom stereocenters. The summed E-state index contributed by atoms with van der Waals surface area (Å²) >= 11 is 0. The lowest BCUT2D eigenvalue weighted by atomic mass is 10.0. The third-order valence-corrected chi connectivity index (χ3v) is 4.13. The standard InChI is InChI=1S/C16H23N3O3/c1-4-12-8-17-6-5-14(12)10(2)18-16(22)15-7-13(21)9-19(15)11(3)20/h5-6,8,10,13,15,21H,4,7,9H2,1-3H3,(H,18,22)/t10?,13-,15-/m1/s1. The summed E-state index contributed by atoms with van der Waals surface area (Å²) < 4.78 is 0. The molecule has 0 saturated carbocycles. The molecule has 22 heavy (non-hydrogen) atoms. The molecule has 1 aliphatic rings. The van der Waals surface area contributed by atoms with Gasteiger partial charge in [-0.05, 0) is 30.5 Å². The number of nitrogens with one attached hydrogen (secondary N) is 1. The van der Waals surface area contributed by atoms with Crippen LogP contribution in [0.3, 0.4) is 0 Å². The Morgan fingerprint density at radius 2 is 2.27 bits per heavy atom. The Balaban J connectivity index is 2.09. The smallest absolute Gasteiger partial charge is 0.243 e. The van der Waals surface area contributed by atoms with Gasteiger partial charge in [0, 0.05) is 32.3 Å². The van der Waals surface area contributed by atoms with Gasteiger partial charge in [-0.15, -0.1) is 0 Å². The SMILES string of the molecule is CCc1cnccc1C(C)NC(=O)[C@H]1C[C@@H](O)CN1C(C)=O. The molecule has 6 heteroatoms. The second-order valence-electron chi connectivity index (χ2n) is 5.74. The minimum Gasteiger partial charge on any atom is -0.391 e. The summed E-state index contributed by atoms with van der Waals surface area (Å²) in [6.45, 7) is 5.59. The van der Waals surface area contributed by atoms with Gasteiger partial charge in [0.15, 0.2) is 0 Å². The summed E-state index contributed by atoms with van der Waals surface area (Å²) in [5.41, 5.74) is 2.11. The molecule has 120 valence electrons. The highest BCUT2D eigenvalue weighted by molar-refractivity contribution is 5.87. The summed E-state index contributed by atoms with van der Waals surface area (Å²) in [5.74, 6) is -0.416. The normalized spacial score (nSPS) is 22.5. The van der Waals surface area contributed by atoms with Crippen molar-refractivity contribution in [2.24, 2.45) is 0 Å². The first-order chi connectivity index (χ1) is 10.4. The molecule has 1 aromatic heterocycles. The maximum absolute atomic E-state index is 12.5. The monoisotopic (exact) mass is 305 g/mol. The van der Waals surface area contributed by atoms with Crippen LogP contribution in [0.15, 0.2) is 18.5 Å². The van der Waals surface area contributed by atoms with Gasteiger partial charge in [0.2, 0.25) is 11.8 Å². The van der Waals surface area contributed by atoms with Crippen molar-refractivity contribution in [1.82, 2.24) is 15.2 Å². The van der Waals surface area contributed by atoms with Crippen molar-refractivity contribution in [3.63, 3.8) is 0 Å². The van der Waals surface area contributed by atoms with E-state index in [1.165, 1.54) is 11.8 Å². The lowest BCUT2D eigenvalue weighted by Gasteiger charge is -2.25. The summed E-state index contributed by atoms with van der Waals surface area (Å²) in [4.78, 5) is 29.6. The van der Waals surface area contributed by atoms with Crippen molar-refractivity contribution in [2.45, 2.75) is 51.8 Å². The van der Waals surface area contributed by atoms with Gasteiger partial charge >= 0.3 is 0 Å². The van der Waals surface area contributed by atoms with Crippen LogP contribution in [0.4, 0.5) is 0 Å². The number of aliphatic hydroxyl groups excluding tert-OH is 1. The zero-order valence-corrected chi connectivity index (χ0v) is 13.2. The van der Waals surface area contributed by atoms with Crippen LogP contribution < -0.4 is 5.32 Å². The van der Waals surface area contributed by atoms with E-state index in [0.717, 1.165) is 17.5 Å². The maximum Gasteiger partial charge on any atom is 0.243 e. The van der Waals surface area contributed by atoms with Crippen molar-refractivity contribution >= 4 is 11.8 Å². The van der Waals surface area contributed by atoms with Gasteiger partial charge in [-0.2, -0.15) is 0 Å². The molecule has 1 saturated heterocycles. The zero-order chi connectivity index (χ0) is 16.3. The van der Waals surface area contributed by atoms with Crippen LogP contribution in [0.1, 0.15) is 44.4 Å². The third kappa shape index (κ3) is 3.44. The van der Waals surface area contributed by atoms with E-state index in [4.69, 9.17) is 0 Å². The summed E-state index contributed by atoms with van der Waals surface area (Å²) in [5, 5.41) is 12.7. The average Bonchev–Trinajstić information content (AvgIpc) is 2.89. The number of carbonyl (C=O) groups is 2. The maximum atomic E-state index is 12.5. The van der Waals surface area contributed by atoms with E-state index in [9.17, 15) is 14.7 Å². The van der Waals surface area contributed by atoms with Gasteiger partial charge in [0.05, 0.1) is 12.1 Å². The first-order valence-electron chi connectivity index (χ1n) is 7.62. The van der Waals surface area contributed by atoms with Crippen molar-refractivity contribution in [1.29, 1.82) is 0 Å². The number of hydrogen-bond donors (Lipinski definition) is 2. The van der Waals surface area contributed by atoms with Crippen LogP contribution in [-0.4, -0.2) is 45.5 Å². The van der Waals surface area contributed by atoms with E-state index in [2.05, 4.69) is 10.3 Å². The van der Waals surface area contributed by atoms with E-state index in [0.29, 0.717) is 0 Å². The Morgan fingerprint density at radius 3 is 2.91 bits per heavy atom. The van der Waals surface area contributed by atoms with E-state index >= 15 is 0 Å². The quantitative estimate of drug-likeness (QED) is 0.862. The van der Waals surface area contributed by atoms with Gasteiger partial charge < -0.3 is 15.3 Å². The van der Waals surface area contributed by atoms with E-state index in [1.807, 2.05) is 19.9 Å². The topological polar surface area (TPSA) is 82.5 Å². The molecule has 6 nitrogen and oxygen atoms in total. The van der Waals surface area contributed by atoms with Gasteiger partial charge in [-0.25, -0.2) is 0 Å². The number of carbonyl (C=O) groups excluding carboxylic acids is 2. The first kappa shape index (κ1) is 16.4. The van der Waals surface area contributed by atoms with Gasteiger partial charge in [0.25, 0.3) is 0 Å². The molecule has 1 aromatic rings. The molecule has 0 bridgehead atoms. The summed E-state index contributed by atoms with van der Waals surface area (Å²) in [7, 11) is 0. The van der Waals surface area contributed by atoms with E-state index < -0.39 is 12.1 Å². The molecule has 2 N–H and O–H groups in total. The van der Waals surface area contributed by atoms with Gasteiger partial charge in [-0.3, -0.25) is 14.6 Å². The molecule has 3 atom stereocenters. The number of aliphatic hydroxyl groups is 1. The molecule has 1 fully saturated rings. The number of amides is 2. The molecule has 2 heterocycles. The number of aromatic nitrogens is 1. The molecule has 0 aliphatic carbocycles. The number of pyridine rings is 1. The third-order valence-electron chi connectivity index (χ3n) is 4.13. The van der Waals surface area contributed by atoms with E-state index in [1.54, 1.807) is 12.4 Å². The average molecular weight is 305 g/mol. The molecular weight excluding hydrogens is 282 g/mol. The summed E-state index contributed by atoms with van der Waals surface area (Å²) in [6, 6.07) is 1.13. The fourth-order valence-corrected chi connectivity index (χ4v) is 2.95. The molecule has 0 radical (unpaired) electrons. The molecule has 1 aliphatic heterocycles. The highest BCUT2D eigenvalue weighted by Gasteiger charge is 2.37. The second-order valence-corrected chi connectivity index (χ2v) is 5.74. The van der Waals surface area contributed by atoms with Crippen molar-refractivity contribution < 1.29 is 14.7 Å². The Bertz CT molecular complexity index is 561. The largest absolute Gasteiger partial charge is 0.391 e. The number of β-amino-alcohol motifs (C(OH)–C–C–N with tert-alkyl or cyclic N) is 1. The lowest BCUT2D eigenvalue weighted by Crippen LogP contribution is -2.45. The minimum absolute atomic E-state index is 0.169. The van der Waals surface area contributed by atoms with Gasteiger partial charge in [0.1, 0.15) is 6.04 Å². The molecule has 2 rings (SSSR count). The lowest BCUT2D eigenvalue weighted by molar-refractivity contribution is -0.137. The number of rotatable bonds is 4. The van der Waals surface area contributed by atoms with E-state index in [-0.39, 0.29) is 30.8 Å². The fraction of sp³-hybridized carbons (Fsp3) is 0.562. The highest BCUT2D eigenvalue weighted by Crippen LogP contribution is 2.21. The van der Waals surface area contributed by atoms with Crippen LogP contribution >= 0.6 is 0 Å². The Hall–Kier alpha value is -1.95. The molecule has 2 amide bonds. The first-order valence-corrected chi connectivity index (χ1v) is 7.62. The van der Waals surface area contributed by atoms with Crippen molar-refractivity contribution in [3.05, 3.63) is 29.6 Å². The Morgan fingerprint density at radius 1 is 1.55 bits per heavy atom. The van der Waals surface area contributed by atoms with Crippen molar-refractivity contribution in [3.8, 4) is 0 Å². The van der Waals surface area contributed by atoms with Gasteiger partial charge in [-0.1, -0.05) is 6.92 Å². The number of aryl methyl sites for hydroxylation is 1. The van der Waals surface area contributed by atoms with Crippen LogP contribution in [0.2, 0.25) is 0 Å². The van der Waals surface area contributed by atoms with Crippen molar-refractivity contribution in [2.75, 3.05) is 6.54 Å². The molecule has 0 aromatic carbocycles. The number of likely N-dealkylation sites (tertiary alicyclic amines) is 1. The predicted octanol–water partition coefficient (Wildman–Crippen LogP) is 0.803. The second kappa shape index (κ2) is 6.87. The number of hydrogen-bond acceptors (Lipinski definition) is 4. The predicted molar refractivity (Wildman–Crippen MR) is 82.0 cm³/mol. The van der Waals surface area contributed by atoms with Crippen LogP contribution in [0, 0.1) is 0 Å². The van der Waals surface area contributed by atoms with Crippen LogP contribution in [0.5, 0.6) is 0 Å². The number of nitrogens with zero attached hydrogens (tertiary/aromatic N) is 2. The van der Waals surface area contributed by atoms with Crippen LogP contribution in [0.25, 0.3) is 0 Å². The fourth-order valence-electron chi connectivity index (χ4n) is 2.95. The zero-order valence-electron chi connectivity index (χ0n) is 13.2. The summed E-state index contributed by atoms with van der Waals surface area (Å²) in [6.07, 6.45) is 4.00. The highest BCUT2D eigenvalue weighted by atomic mass is 16.3. The molecular formula is C16H23N3O3. The molecule has 0 spiro atoms. The van der Waals surface area contributed by atoms with Crippen LogP contribution in [-0.2, 0) is 16.0 Å². The Kier molecular flexibility index (Phi) is 5.13. The minimum atomic E-state index is -0.637.